The van der Waals surface area contributed by atoms with Crippen LogP contribution in [-0.2, 0) is 0 Å². The maximum atomic E-state index is 6.08. The molecule has 0 aliphatic rings. The molecule has 0 aliphatic heterocycles. The van der Waals surface area contributed by atoms with Gasteiger partial charge in [-0.3, -0.25) is 0 Å². The van der Waals surface area contributed by atoms with Crippen LogP contribution in [0.4, 0.5) is 0 Å². The first kappa shape index (κ1) is 15.4. The van der Waals surface area contributed by atoms with E-state index in [4.69, 9.17) is 10.6 Å². The molecule has 23 heavy (non-hydrogen) atoms. The van der Waals surface area contributed by atoms with Gasteiger partial charge in [-0.25, -0.2) is 4.68 Å². The van der Waals surface area contributed by atoms with Crippen molar-refractivity contribution in [1.82, 2.24) is 14.9 Å². The predicted octanol–water partition coefficient (Wildman–Crippen LogP) is 3.14. The Bertz CT molecular complexity index is 773. The molecular weight excluding hydrogens is 308 g/mol. The molecule has 0 fully saturated rings. The molecule has 2 aromatic carbocycles. The molecule has 118 valence electrons. The van der Waals surface area contributed by atoms with Gasteiger partial charge < -0.3 is 10.6 Å². The van der Waals surface area contributed by atoms with Crippen molar-refractivity contribution in [2.75, 3.05) is 18.2 Å². The molecule has 6 heteroatoms. The Kier molecular flexibility index (Phi) is 4.83. The topological polar surface area (TPSA) is 66.0 Å². The summed E-state index contributed by atoms with van der Waals surface area (Å²) in [5, 5.41) is 8.98. The van der Waals surface area contributed by atoms with Crippen LogP contribution in [0.3, 0.4) is 0 Å². The first-order chi connectivity index (χ1) is 11.2. The second-order valence-electron chi connectivity index (χ2n) is 5.06. The van der Waals surface area contributed by atoms with Gasteiger partial charge in [0.05, 0.1) is 6.61 Å². The summed E-state index contributed by atoms with van der Waals surface area (Å²) in [6.07, 6.45) is 0. The van der Waals surface area contributed by atoms with Crippen molar-refractivity contribution in [3.8, 4) is 17.1 Å². The van der Waals surface area contributed by atoms with Crippen molar-refractivity contribution in [3.63, 3.8) is 0 Å². The van der Waals surface area contributed by atoms with Gasteiger partial charge in [-0.15, -0.1) is 10.2 Å². The molecule has 0 spiro atoms. The van der Waals surface area contributed by atoms with Crippen LogP contribution in [0.25, 0.3) is 11.4 Å². The largest absolute Gasteiger partial charge is 0.493 e. The summed E-state index contributed by atoms with van der Waals surface area (Å²) < 4.78 is 7.24. The fourth-order valence-electron chi connectivity index (χ4n) is 2.16. The van der Waals surface area contributed by atoms with Crippen molar-refractivity contribution < 1.29 is 4.74 Å². The van der Waals surface area contributed by atoms with E-state index in [1.165, 1.54) is 22.0 Å². The number of benzene rings is 2. The van der Waals surface area contributed by atoms with E-state index in [1.54, 1.807) is 0 Å². The average molecular weight is 326 g/mol. The van der Waals surface area contributed by atoms with Gasteiger partial charge in [0.2, 0.25) is 5.16 Å². The van der Waals surface area contributed by atoms with E-state index in [0.29, 0.717) is 17.6 Å². The van der Waals surface area contributed by atoms with Crippen LogP contribution in [0.5, 0.6) is 5.75 Å². The number of nitrogen functional groups attached to an aromatic ring is 1. The highest BCUT2D eigenvalue weighted by Gasteiger charge is 2.11. The lowest BCUT2D eigenvalue weighted by molar-refractivity contribution is 0.343. The standard InChI is InChI=1S/C17H18N4OS/c1-13-6-5-9-15(12-13)22-10-11-23-17-20-19-16(21(17)18)14-7-3-2-4-8-14/h2-9,12H,10-11,18H2,1H3. The lowest BCUT2D eigenvalue weighted by atomic mass is 10.2. The zero-order valence-corrected chi connectivity index (χ0v) is 13.7. The minimum Gasteiger partial charge on any atom is -0.493 e. The minimum atomic E-state index is 0.585. The number of nitrogens with two attached hydrogens (primary N) is 1. The van der Waals surface area contributed by atoms with E-state index in [0.717, 1.165) is 17.1 Å². The molecule has 0 aliphatic carbocycles. The summed E-state index contributed by atoms with van der Waals surface area (Å²) in [6, 6.07) is 17.8. The maximum Gasteiger partial charge on any atom is 0.210 e. The van der Waals surface area contributed by atoms with Crippen LogP contribution in [-0.4, -0.2) is 27.2 Å². The number of thioether (sulfide) groups is 1. The third kappa shape index (κ3) is 3.84. The monoisotopic (exact) mass is 326 g/mol. The minimum absolute atomic E-state index is 0.585. The van der Waals surface area contributed by atoms with E-state index in [-0.39, 0.29) is 0 Å². The van der Waals surface area contributed by atoms with Gasteiger partial charge in [0.25, 0.3) is 0 Å². The summed E-state index contributed by atoms with van der Waals surface area (Å²) >= 11 is 1.53. The molecule has 2 N–H and O–H groups in total. The molecule has 0 saturated heterocycles. The van der Waals surface area contributed by atoms with Gasteiger partial charge >= 0.3 is 0 Å². The Morgan fingerprint density at radius 2 is 1.91 bits per heavy atom. The number of nitrogens with zero attached hydrogens (tertiary/aromatic N) is 3. The third-order valence-electron chi connectivity index (χ3n) is 3.27. The van der Waals surface area contributed by atoms with Crippen LogP contribution in [0.15, 0.2) is 59.8 Å². The lowest BCUT2D eigenvalue weighted by Gasteiger charge is -2.06. The fourth-order valence-corrected chi connectivity index (χ4v) is 2.83. The highest BCUT2D eigenvalue weighted by Crippen LogP contribution is 2.21. The number of ether oxygens (including phenoxy) is 1. The first-order valence-electron chi connectivity index (χ1n) is 7.32. The molecule has 0 saturated carbocycles. The average Bonchev–Trinajstić information content (AvgIpc) is 2.93. The lowest BCUT2D eigenvalue weighted by Crippen LogP contribution is -2.12. The number of hydrogen-bond donors (Lipinski definition) is 1. The van der Waals surface area contributed by atoms with Crippen LogP contribution in [0.1, 0.15) is 5.56 Å². The van der Waals surface area contributed by atoms with E-state index in [9.17, 15) is 0 Å². The van der Waals surface area contributed by atoms with Crippen molar-refractivity contribution in [2.45, 2.75) is 12.1 Å². The third-order valence-corrected chi connectivity index (χ3v) is 4.18. The molecule has 0 unspecified atom stereocenters. The van der Waals surface area contributed by atoms with Gasteiger partial charge in [0.1, 0.15) is 5.75 Å². The van der Waals surface area contributed by atoms with Crippen molar-refractivity contribution >= 4 is 11.8 Å². The number of aryl methyl sites for hydroxylation is 1. The van der Waals surface area contributed by atoms with E-state index in [2.05, 4.69) is 10.2 Å². The molecule has 0 bridgehead atoms. The van der Waals surface area contributed by atoms with Crippen LogP contribution in [0.2, 0.25) is 0 Å². The van der Waals surface area contributed by atoms with Crippen LogP contribution < -0.4 is 10.6 Å². The second kappa shape index (κ2) is 7.19. The predicted molar refractivity (Wildman–Crippen MR) is 93.0 cm³/mol. The Labute approximate surface area is 139 Å². The Balaban J connectivity index is 1.56. The second-order valence-corrected chi connectivity index (χ2v) is 6.12. The molecule has 0 atom stereocenters. The number of aromatic nitrogens is 3. The van der Waals surface area contributed by atoms with Gasteiger partial charge in [0, 0.05) is 11.3 Å². The Hall–Kier alpha value is -2.47. The Morgan fingerprint density at radius 3 is 2.70 bits per heavy atom. The normalized spacial score (nSPS) is 10.7. The van der Waals surface area contributed by atoms with Gasteiger partial charge in [-0.2, -0.15) is 0 Å². The molecule has 5 nitrogen and oxygen atoms in total. The van der Waals surface area contributed by atoms with Gasteiger partial charge in [0.15, 0.2) is 5.82 Å². The molecule has 0 radical (unpaired) electrons. The fraction of sp³-hybridized carbons (Fsp3) is 0.176. The maximum absolute atomic E-state index is 6.08. The van der Waals surface area contributed by atoms with Crippen molar-refractivity contribution in [2.24, 2.45) is 0 Å². The van der Waals surface area contributed by atoms with E-state index in [1.807, 2.05) is 61.5 Å². The summed E-state index contributed by atoms with van der Waals surface area (Å²) in [6.45, 7) is 2.63. The van der Waals surface area contributed by atoms with Crippen molar-refractivity contribution in [1.29, 1.82) is 0 Å². The number of hydrogen-bond acceptors (Lipinski definition) is 5. The smallest absolute Gasteiger partial charge is 0.210 e. The van der Waals surface area contributed by atoms with E-state index >= 15 is 0 Å². The quantitative estimate of drug-likeness (QED) is 0.428. The molecule has 3 aromatic rings. The summed E-state index contributed by atoms with van der Waals surface area (Å²) in [5.74, 6) is 8.37. The van der Waals surface area contributed by atoms with E-state index < -0.39 is 0 Å². The summed E-state index contributed by atoms with van der Waals surface area (Å²) in [7, 11) is 0. The van der Waals surface area contributed by atoms with Crippen molar-refractivity contribution in [3.05, 3.63) is 60.2 Å². The highest BCUT2D eigenvalue weighted by molar-refractivity contribution is 7.99. The zero-order chi connectivity index (χ0) is 16.1. The van der Waals surface area contributed by atoms with Gasteiger partial charge in [-0.1, -0.05) is 54.2 Å². The molecule has 3 rings (SSSR count). The SMILES string of the molecule is Cc1cccc(OCCSc2nnc(-c3ccccc3)n2N)c1. The molecular formula is C17H18N4OS. The van der Waals surface area contributed by atoms with Crippen LogP contribution in [0, 0.1) is 6.92 Å². The van der Waals surface area contributed by atoms with Crippen LogP contribution >= 0.6 is 11.8 Å². The highest BCUT2D eigenvalue weighted by atomic mass is 32.2. The molecule has 0 amide bonds. The summed E-state index contributed by atoms with van der Waals surface area (Å²) in [4.78, 5) is 0. The summed E-state index contributed by atoms with van der Waals surface area (Å²) in [5.41, 5.74) is 2.13. The molecule has 1 heterocycles. The molecule has 1 aromatic heterocycles. The Morgan fingerprint density at radius 1 is 1.09 bits per heavy atom. The van der Waals surface area contributed by atoms with Gasteiger partial charge in [-0.05, 0) is 24.6 Å². The zero-order valence-electron chi connectivity index (χ0n) is 12.8. The first-order valence-corrected chi connectivity index (χ1v) is 8.31. The number of rotatable bonds is 6.